The average molecular weight is 259 g/mol. The molecule has 0 amide bonds. The number of hydrogen-bond acceptors (Lipinski definition) is 3. The second-order valence-electron chi connectivity index (χ2n) is 5.20. The van der Waals surface area contributed by atoms with Crippen LogP contribution in [0.4, 0.5) is 5.82 Å². The lowest BCUT2D eigenvalue weighted by Crippen LogP contribution is -2.23. The monoisotopic (exact) mass is 259 g/mol. The van der Waals surface area contributed by atoms with Gasteiger partial charge < -0.3 is 10.4 Å². The summed E-state index contributed by atoms with van der Waals surface area (Å²) in [7, 11) is 0. The Morgan fingerprint density at radius 3 is 3.00 bits per heavy atom. The van der Waals surface area contributed by atoms with E-state index < -0.39 is 5.97 Å². The van der Waals surface area contributed by atoms with Gasteiger partial charge in [-0.2, -0.15) is 0 Å². The van der Waals surface area contributed by atoms with Crippen LogP contribution in [0.2, 0.25) is 0 Å². The molecule has 0 saturated heterocycles. The highest BCUT2D eigenvalue weighted by atomic mass is 16.4. The van der Waals surface area contributed by atoms with Gasteiger partial charge in [-0.05, 0) is 30.9 Å². The van der Waals surface area contributed by atoms with E-state index >= 15 is 0 Å². The zero-order valence-electron chi connectivity index (χ0n) is 10.8. The highest BCUT2D eigenvalue weighted by Crippen LogP contribution is 2.29. The van der Waals surface area contributed by atoms with Crippen LogP contribution in [0.5, 0.6) is 0 Å². The molecule has 2 atom stereocenters. The first-order chi connectivity index (χ1) is 9.16. The normalized spacial score (nSPS) is 22.8. The molecule has 2 N–H and O–H groups in total. The Balaban J connectivity index is 2.02. The molecule has 0 spiro atoms. The van der Waals surface area contributed by atoms with Gasteiger partial charge in [-0.3, -0.25) is 4.40 Å². The maximum absolute atomic E-state index is 11.5. The second kappa shape index (κ2) is 4.57. The van der Waals surface area contributed by atoms with Crippen molar-refractivity contribution in [3.63, 3.8) is 0 Å². The molecule has 2 unspecified atom stereocenters. The first-order valence-corrected chi connectivity index (χ1v) is 6.63. The fraction of sp³-hybridized carbons (Fsp3) is 0.429. The van der Waals surface area contributed by atoms with Crippen LogP contribution in [-0.4, -0.2) is 26.5 Å². The fourth-order valence-electron chi connectivity index (χ4n) is 2.84. The van der Waals surface area contributed by atoms with Gasteiger partial charge >= 0.3 is 5.97 Å². The number of rotatable bonds is 3. The van der Waals surface area contributed by atoms with Crippen molar-refractivity contribution in [2.24, 2.45) is 5.92 Å². The highest BCUT2D eigenvalue weighted by Gasteiger charge is 2.26. The van der Waals surface area contributed by atoms with Crippen molar-refractivity contribution < 1.29 is 9.90 Å². The van der Waals surface area contributed by atoms with Crippen molar-refractivity contribution in [2.45, 2.75) is 32.2 Å². The third-order valence-corrected chi connectivity index (χ3v) is 3.92. The molecule has 1 fully saturated rings. The summed E-state index contributed by atoms with van der Waals surface area (Å²) in [4.78, 5) is 15.9. The molecule has 0 bridgehead atoms. The lowest BCUT2D eigenvalue weighted by Gasteiger charge is -2.17. The average Bonchev–Trinajstić information content (AvgIpc) is 2.93. The Morgan fingerprint density at radius 1 is 1.47 bits per heavy atom. The van der Waals surface area contributed by atoms with Gasteiger partial charge in [0.25, 0.3) is 0 Å². The second-order valence-corrected chi connectivity index (χ2v) is 5.20. The van der Waals surface area contributed by atoms with Gasteiger partial charge in [0.1, 0.15) is 5.65 Å². The van der Waals surface area contributed by atoms with Crippen molar-refractivity contribution in [3.8, 4) is 0 Å². The van der Waals surface area contributed by atoms with E-state index in [1.807, 2.05) is 18.2 Å². The maximum Gasteiger partial charge on any atom is 0.356 e. The van der Waals surface area contributed by atoms with Crippen molar-refractivity contribution in [1.29, 1.82) is 0 Å². The Kier molecular flexibility index (Phi) is 2.89. The predicted octanol–water partition coefficient (Wildman–Crippen LogP) is 2.63. The summed E-state index contributed by atoms with van der Waals surface area (Å²) in [6, 6.07) is 5.80. The molecule has 19 heavy (non-hydrogen) atoms. The number of anilines is 1. The third kappa shape index (κ3) is 2.05. The number of nitrogens with zero attached hydrogens (tertiary/aromatic N) is 2. The SMILES string of the molecule is CC1CCCC1Nc1nc2ccccn2c1C(=O)O. The van der Waals surface area contributed by atoms with Gasteiger partial charge in [0.15, 0.2) is 11.5 Å². The molecule has 100 valence electrons. The van der Waals surface area contributed by atoms with Crippen LogP contribution in [0.15, 0.2) is 24.4 Å². The first kappa shape index (κ1) is 12.0. The largest absolute Gasteiger partial charge is 0.476 e. The molecule has 2 heterocycles. The molecule has 1 aliphatic rings. The number of aromatic nitrogens is 2. The molecule has 0 aromatic carbocycles. The number of imidazole rings is 1. The van der Waals surface area contributed by atoms with E-state index in [1.54, 1.807) is 10.6 Å². The number of carbonyl (C=O) groups is 1. The van der Waals surface area contributed by atoms with Crippen LogP contribution >= 0.6 is 0 Å². The molecule has 2 aromatic heterocycles. The van der Waals surface area contributed by atoms with Crippen LogP contribution in [0, 0.1) is 5.92 Å². The van der Waals surface area contributed by atoms with E-state index in [9.17, 15) is 9.90 Å². The third-order valence-electron chi connectivity index (χ3n) is 3.92. The number of pyridine rings is 1. The van der Waals surface area contributed by atoms with E-state index in [1.165, 1.54) is 12.8 Å². The van der Waals surface area contributed by atoms with E-state index in [0.717, 1.165) is 6.42 Å². The van der Waals surface area contributed by atoms with Crippen molar-refractivity contribution >= 4 is 17.4 Å². The first-order valence-electron chi connectivity index (χ1n) is 6.63. The Bertz CT molecular complexity index is 620. The summed E-state index contributed by atoms with van der Waals surface area (Å²) < 4.78 is 1.62. The zero-order chi connectivity index (χ0) is 13.4. The minimum absolute atomic E-state index is 0.217. The van der Waals surface area contributed by atoms with Crippen LogP contribution < -0.4 is 5.32 Å². The number of carboxylic acids is 1. The quantitative estimate of drug-likeness (QED) is 0.889. The van der Waals surface area contributed by atoms with Crippen LogP contribution in [0.1, 0.15) is 36.7 Å². The molecule has 2 aromatic rings. The van der Waals surface area contributed by atoms with Crippen molar-refractivity contribution in [1.82, 2.24) is 9.38 Å². The molecule has 5 nitrogen and oxygen atoms in total. The summed E-state index contributed by atoms with van der Waals surface area (Å²) in [5.74, 6) is 0.0933. The van der Waals surface area contributed by atoms with E-state index in [-0.39, 0.29) is 5.69 Å². The molecule has 1 aliphatic carbocycles. The molecular weight excluding hydrogens is 242 g/mol. The lowest BCUT2D eigenvalue weighted by molar-refractivity contribution is 0.0690. The van der Waals surface area contributed by atoms with Gasteiger partial charge in [-0.15, -0.1) is 0 Å². The number of hydrogen-bond donors (Lipinski definition) is 2. The zero-order valence-corrected chi connectivity index (χ0v) is 10.8. The van der Waals surface area contributed by atoms with Gasteiger partial charge in [0.05, 0.1) is 0 Å². The van der Waals surface area contributed by atoms with Gasteiger partial charge in [-0.1, -0.05) is 19.4 Å². The van der Waals surface area contributed by atoms with Gasteiger partial charge in [-0.25, -0.2) is 9.78 Å². The minimum Gasteiger partial charge on any atom is -0.476 e. The van der Waals surface area contributed by atoms with Gasteiger partial charge in [0.2, 0.25) is 0 Å². The van der Waals surface area contributed by atoms with Crippen molar-refractivity contribution in [3.05, 3.63) is 30.1 Å². The van der Waals surface area contributed by atoms with E-state index in [2.05, 4.69) is 17.2 Å². The number of fused-ring (bicyclic) bond motifs is 1. The topological polar surface area (TPSA) is 66.6 Å². The summed E-state index contributed by atoms with van der Waals surface area (Å²) in [5, 5.41) is 12.7. The predicted molar refractivity (Wildman–Crippen MR) is 72.6 cm³/mol. The van der Waals surface area contributed by atoms with Crippen LogP contribution in [0.3, 0.4) is 0 Å². The van der Waals surface area contributed by atoms with E-state index in [4.69, 9.17) is 0 Å². The standard InChI is InChI=1S/C14H17N3O2/c1-9-5-4-6-10(9)15-13-12(14(18)19)17-8-3-2-7-11(17)16-13/h2-3,7-10,15H,4-6H2,1H3,(H,18,19). The molecule has 1 saturated carbocycles. The Labute approximate surface area is 111 Å². The summed E-state index contributed by atoms with van der Waals surface area (Å²) in [6.45, 7) is 2.20. The molecule has 3 rings (SSSR count). The summed E-state index contributed by atoms with van der Waals surface area (Å²) >= 11 is 0. The maximum atomic E-state index is 11.5. The van der Waals surface area contributed by atoms with Crippen molar-refractivity contribution in [2.75, 3.05) is 5.32 Å². The number of nitrogens with one attached hydrogen (secondary N) is 1. The lowest BCUT2D eigenvalue weighted by atomic mass is 10.1. The van der Waals surface area contributed by atoms with Crippen LogP contribution in [0.25, 0.3) is 5.65 Å². The smallest absolute Gasteiger partial charge is 0.356 e. The fourth-order valence-corrected chi connectivity index (χ4v) is 2.84. The molecular formula is C14H17N3O2. The minimum atomic E-state index is -0.952. The molecule has 0 radical (unpaired) electrons. The van der Waals surface area contributed by atoms with Gasteiger partial charge in [0, 0.05) is 12.2 Å². The molecule has 5 heteroatoms. The van der Waals surface area contributed by atoms with E-state index in [0.29, 0.717) is 23.4 Å². The summed E-state index contributed by atoms with van der Waals surface area (Å²) in [6.07, 6.45) is 5.19. The Morgan fingerprint density at radius 2 is 2.32 bits per heavy atom. The Hall–Kier alpha value is -2.04. The van der Waals surface area contributed by atoms with Crippen LogP contribution in [-0.2, 0) is 0 Å². The number of carboxylic acid groups (broad SMARTS) is 1. The molecule has 0 aliphatic heterocycles. The highest BCUT2D eigenvalue weighted by molar-refractivity contribution is 5.93. The summed E-state index contributed by atoms with van der Waals surface area (Å²) in [5.41, 5.74) is 0.878. The number of aromatic carboxylic acids is 1.